The molecule has 1 fully saturated rings. The molecule has 1 heterocycles. The monoisotopic (exact) mass is 434 g/mol. The predicted molar refractivity (Wildman–Crippen MR) is 117 cm³/mol. The molecule has 2 aromatic rings. The van der Waals surface area contributed by atoms with E-state index in [0.717, 1.165) is 23.5 Å². The topological polar surface area (TPSA) is 105 Å². The smallest absolute Gasteiger partial charge is 0.328 e. The number of rotatable bonds is 11. The zero-order chi connectivity index (χ0) is 20.6. The van der Waals surface area contributed by atoms with Gasteiger partial charge in [-0.3, -0.25) is 4.21 Å². The highest BCUT2D eigenvalue weighted by molar-refractivity contribution is 8.07. The molecule has 3 atom stereocenters. The van der Waals surface area contributed by atoms with Crippen molar-refractivity contribution in [1.82, 2.24) is 0 Å². The van der Waals surface area contributed by atoms with Gasteiger partial charge in [0.2, 0.25) is 0 Å². The van der Waals surface area contributed by atoms with Gasteiger partial charge in [0.25, 0.3) is 0 Å². The SMILES string of the molecule is NCCCCC(N)C(=O)Oc1ccc(Oc2ccc(S(=O)CC3CS3)cc2)cc1. The molecule has 6 nitrogen and oxygen atoms in total. The largest absolute Gasteiger partial charge is 0.457 e. The predicted octanol–water partition coefficient (Wildman–Crippen LogP) is 3.06. The third-order valence-electron chi connectivity index (χ3n) is 4.38. The summed E-state index contributed by atoms with van der Waals surface area (Å²) in [6, 6.07) is 13.4. The Morgan fingerprint density at radius 3 is 2.24 bits per heavy atom. The fourth-order valence-corrected chi connectivity index (χ4v) is 4.87. The summed E-state index contributed by atoms with van der Waals surface area (Å²) in [6.45, 7) is 0.587. The Labute approximate surface area is 177 Å². The van der Waals surface area contributed by atoms with Gasteiger partial charge in [-0.25, -0.2) is 4.79 Å². The van der Waals surface area contributed by atoms with Crippen molar-refractivity contribution in [3.05, 3.63) is 48.5 Å². The first-order chi connectivity index (χ1) is 14.0. The minimum atomic E-state index is -0.963. The Morgan fingerprint density at radius 2 is 1.66 bits per heavy atom. The third-order valence-corrected chi connectivity index (χ3v) is 7.06. The number of thioether (sulfide) groups is 1. The molecule has 1 saturated heterocycles. The van der Waals surface area contributed by atoms with E-state index in [1.165, 1.54) is 0 Å². The van der Waals surface area contributed by atoms with Crippen molar-refractivity contribution >= 4 is 28.5 Å². The second-order valence-corrected chi connectivity index (χ2v) is 9.65. The Bertz CT molecular complexity index is 824. The molecule has 0 saturated carbocycles. The summed E-state index contributed by atoms with van der Waals surface area (Å²) >= 11 is 1.85. The maximum Gasteiger partial charge on any atom is 0.328 e. The summed E-state index contributed by atoms with van der Waals surface area (Å²) in [4.78, 5) is 12.8. The molecule has 0 amide bonds. The highest BCUT2D eigenvalue weighted by Gasteiger charge is 2.25. The molecule has 156 valence electrons. The first-order valence-electron chi connectivity index (χ1n) is 9.60. The zero-order valence-corrected chi connectivity index (χ0v) is 17.8. The van der Waals surface area contributed by atoms with Crippen molar-refractivity contribution in [1.29, 1.82) is 0 Å². The lowest BCUT2D eigenvalue weighted by atomic mass is 10.1. The minimum absolute atomic E-state index is 0.417. The number of hydrogen-bond donors (Lipinski definition) is 2. The molecule has 0 spiro atoms. The molecule has 1 aliphatic rings. The number of ether oxygens (including phenoxy) is 2. The Morgan fingerprint density at radius 1 is 1.07 bits per heavy atom. The van der Waals surface area contributed by atoms with Gasteiger partial charge in [-0.05, 0) is 67.9 Å². The van der Waals surface area contributed by atoms with Crippen LogP contribution in [0.4, 0.5) is 0 Å². The molecular weight excluding hydrogens is 408 g/mol. The van der Waals surface area contributed by atoms with E-state index in [0.29, 0.717) is 41.2 Å². The lowest BCUT2D eigenvalue weighted by Crippen LogP contribution is -2.34. The van der Waals surface area contributed by atoms with E-state index < -0.39 is 22.8 Å². The lowest BCUT2D eigenvalue weighted by Gasteiger charge is -2.11. The first-order valence-corrected chi connectivity index (χ1v) is 12.0. The van der Waals surface area contributed by atoms with Gasteiger partial charge in [-0.1, -0.05) is 6.42 Å². The van der Waals surface area contributed by atoms with Crippen molar-refractivity contribution in [2.75, 3.05) is 18.1 Å². The van der Waals surface area contributed by atoms with Crippen molar-refractivity contribution < 1.29 is 18.5 Å². The zero-order valence-electron chi connectivity index (χ0n) is 16.1. The number of benzene rings is 2. The first kappa shape index (κ1) is 21.8. The van der Waals surface area contributed by atoms with Gasteiger partial charge in [0.05, 0.1) is 10.8 Å². The standard InChI is InChI=1S/C21H26N2O4S2/c22-12-2-1-3-20(23)21(24)27-17-6-4-15(5-7-17)26-16-8-10-19(11-9-16)29(25)14-18-13-28-18/h4-11,18,20H,1-3,12-14,22-23H2. The molecule has 0 bridgehead atoms. The van der Waals surface area contributed by atoms with E-state index in [9.17, 15) is 9.00 Å². The Hall–Kier alpha value is -1.87. The van der Waals surface area contributed by atoms with Crippen LogP contribution < -0.4 is 20.9 Å². The van der Waals surface area contributed by atoms with E-state index in [2.05, 4.69) is 0 Å². The summed E-state index contributed by atoms with van der Waals surface area (Å²) in [5.74, 6) is 3.04. The minimum Gasteiger partial charge on any atom is -0.457 e. The molecule has 2 aromatic carbocycles. The summed E-state index contributed by atoms with van der Waals surface area (Å²) in [5, 5.41) is 0.542. The van der Waals surface area contributed by atoms with E-state index in [-0.39, 0.29) is 0 Å². The van der Waals surface area contributed by atoms with Gasteiger partial charge in [0, 0.05) is 21.7 Å². The van der Waals surface area contributed by atoms with Gasteiger partial charge in [0.15, 0.2) is 0 Å². The second kappa shape index (κ2) is 10.8. The van der Waals surface area contributed by atoms with Gasteiger partial charge < -0.3 is 20.9 Å². The fraction of sp³-hybridized carbons (Fsp3) is 0.381. The number of nitrogens with two attached hydrogens (primary N) is 2. The number of esters is 1. The maximum absolute atomic E-state index is 12.2. The van der Waals surface area contributed by atoms with Gasteiger partial charge in [-0.2, -0.15) is 11.8 Å². The average molecular weight is 435 g/mol. The van der Waals surface area contributed by atoms with Crippen LogP contribution >= 0.6 is 11.8 Å². The highest BCUT2D eigenvalue weighted by Crippen LogP contribution is 2.32. The molecule has 4 N–H and O–H groups in total. The van der Waals surface area contributed by atoms with E-state index in [1.54, 1.807) is 24.3 Å². The fourth-order valence-electron chi connectivity index (χ4n) is 2.62. The average Bonchev–Trinajstić information content (AvgIpc) is 3.54. The van der Waals surface area contributed by atoms with Crippen LogP contribution in [0.2, 0.25) is 0 Å². The summed E-state index contributed by atoms with van der Waals surface area (Å²) in [5.41, 5.74) is 11.3. The van der Waals surface area contributed by atoms with Crippen LogP contribution in [0.15, 0.2) is 53.4 Å². The quantitative estimate of drug-likeness (QED) is 0.242. The number of carbonyl (C=O) groups excluding carboxylic acids is 1. The van der Waals surface area contributed by atoms with Crippen LogP contribution in [-0.4, -0.2) is 39.5 Å². The van der Waals surface area contributed by atoms with Crippen LogP contribution in [0.1, 0.15) is 19.3 Å². The second-order valence-electron chi connectivity index (χ2n) is 6.82. The van der Waals surface area contributed by atoms with Crippen molar-refractivity contribution in [3.8, 4) is 17.2 Å². The Kier molecular flexibility index (Phi) is 8.11. The van der Waals surface area contributed by atoms with Crippen LogP contribution in [0.3, 0.4) is 0 Å². The van der Waals surface area contributed by atoms with Crippen molar-refractivity contribution in [2.45, 2.75) is 35.4 Å². The van der Waals surface area contributed by atoms with Crippen molar-refractivity contribution in [2.24, 2.45) is 11.5 Å². The molecule has 8 heteroatoms. The molecule has 3 unspecified atom stereocenters. The molecule has 0 aliphatic carbocycles. The number of hydrogen-bond acceptors (Lipinski definition) is 7. The van der Waals surface area contributed by atoms with Gasteiger partial charge in [-0.15, -0.1) is 0 Å². The van der Waals surface area contributed by atoms with E-state index in [4.69, 9.17) is 20.9 Å². The van der Waals surface area contributed by atoms with Crippen LogP contribution in [0.25, 0.3) is 0 Å². The third kappa shape index (κ3) is 7.15. The molecule has 3 rings (SSSR count). The Balaban J connectivity index is 1.49. The van der Waals surface area contributed by atoms with Crippen molar-refractivity contribution in [3.63, 3.8) is 0 Å². The summed E-state index contributed by atoms with van der Waals surface area (Å²) in [7, 11) is -0.963. The summed E-state index contributed by atoms with van der Waals surface area (Å²) < 4.78 is 23.3. The van der Waals surface area contributed by atoms with Crippen LogP contribution in [-0.2, 0) is 15.6 Å². The van der Waals surface area contributed by atoms with Gasteiger partial charge >= 0.3 is 5.97 Å². The summed E-state index contributed by atoms with van der Waals surface area (Å²) in [6.07, 6.45) is 2.19. The molecular formula is C21H26N2O4S2. The normalized spacial score (nSPS) is 17.4. The maximum atomic E-state index is 12.2. The molecule has 1 aliphatic heterocycles. The van der Waals surface area contributed by atoms with Crippen LogP contribution in [0.5, 0.6) is 17.2 Å². The molecule has 0 radical (unpaired) electrons. The highest BCUT2D eigenvalue weighted by atomic mass is 32.2. The van der Waals surface area contributed by atoms with Gasteiger partial charge in [0.1, 0.15) is 23.3 Å². The van der Waals surface area contributed by atoms with E-state index >= 15 is 0 Å². The van der Waals surface area contributed by atoms with E-state index in [1.807, 2.05) is 36.0 Å². The molecule has 0 aromatic heterocycles. The molecule has 29 heavy (non-hydrogen) atoms. The lowest BCUT2D eigenvalue weighted by molar-refractivity contribution is -0.136. The number of carbonyl (C=O) groups is 1. The van der Waals surface area contributed by atoms with Crippen LogP contribution in [0, 0.1) is 0 Å². The number of unbranched alkanes of at least 4 members (excludes halogenated alkanes) is 1.